The summed E-state index contributed by atoms with van der Waals surface area (Å²) < 4.78 is 11.8. The molecule has 0 aromatic heterocycles. The molecule has 1 atom stereocenters. The largest absolute Gasteiger partial charge is 0.492 e. The van der Waals surface area contributed by atoms with E-state index in [0.717, 1.165) is 14.7 Å². The van der Waals surface area contributed by atoms with Crippen molar-refractivity contribution in [1.29, 1.82) is 0 Å². The van der Waals surface area contributed by atoms with Gasteiger partial charge < -0.3 is 14.6 Å². The minimum atomic E-state index is -0.669. The third-order valence-electron chi connectivity index (χ3n) is 3.77. The van der Waals surface area contributed by atoms with Gasteiger partial charge in [0.25, 0.3) is 0 Å². The number of nitrogens with one attached hydrogen (secondary N) is 1. The lowest BCUT2D eigenvalue weighted by Crippen LogP contribution is -2.18. The molecule has 0 fully saturated rings. The predicted octanol–water partition coefficient (Wildman–Crippen LogP) is 3.66. The molecule has 0 spiro atoms. The van der Waals surface area contributed by atoms with Crippen LogP contribution in [0.25, 0.3) is 0 Å². The van der Waals surface area contributed by atoms with Crippen LogP contribution in [0.5, 0.6) is 11.5 Å². The standard InChI is InChI=1S/C20H23IN2O4/c1-3-27-18-12-14(11-16(21)20(18)26-2)13-22-23-19(25)10-9-17(24)15-7-5-4-6-8-15/h4-8,11-13,17,24H,3,9-10H2,1-2H3,(H,23,25)/b22-13-/t17-/m1/s1. The lowest BCUT2D eigenvalue weighted by atomic mass is 10.1. The lowest BCUT2D eigenvalue weighted by molar-refractivity contribution is -0.121. The molecular formula is C20H23IN2O4. The van der Waals surface area contributed by atoms with Crippen LogP contribution in [0.15, 0.2) is 47.6 Å². The second-order valence-corrected chi connectivity index (χ2v) is 6.89. The van der Waals surface area contributed by atoms with Crippen molar-refractivity contribution in [3.05, 3.63) is 57.2 Å². The second-order valence-electron chi connectivity index (χ2n) is 5.73. The van der Waals surface area contributed by atoms with Crippen molar-refractivity contribution in [2.24, 2.45) is 5.10 Å². The first kappa shape index (κ1) is 21.2. The van der Waals surface area contributed by atoms with Gasteiger partial charge in [0, 0.05) is 6.42 Å². The van der Waals surface area contributed by atoms with Crippen molar-refractivity contribution in [1.82, 2.24) is 5.43 Å². The van der Waals surface area contributed by atoms with Crippen LogP contribution in [-0.2, 0) is 4.79 Å². The monoisotopic (exact) mass is 482 g/mol. The Morgan fingerprint density at radius 1 is 1.33 bits per heavy atom. The Hall–Kier alpha value is -2.13. The van der Waals surface area contributed by atoms with Crippen LogP contribution >= 0.6 is 22.6 Å². The Balaban J connectivity index is 1.90. The first-order valence-corrected chi connectivity index (χ1v) is 9.68. The zero-order chi connectivity index (χ0) is 19.6. The number of benzene rings is 2. The van der Waals surface area contributed by atoms with Crippen LogP contribution in [0.2, 0.25) is 0 Å². The van der Waals surface area contributed by atoms with Gasteiger partial charge in [-0.2, -0.15) is 5.10 Å². The fraction of sp³-hybridized carbons (Fsp3) is 0.300. The van der Waals surface area contributed by atoms with Crippen molar-refractivity contribution in [2.75, 3.05) is 13.7 Å². The van der Waals surface area contributed by atoms with Crippen LogP contribution in [0.1, 0.15) is 37.0 Å². The van der Waals surface area contributed by atoms with E-state index in [9.17, 15) is 9.90 Å². The number of nitrogens with zero attached hydrogens (tertiary/aromatic N) is 1. The summed E-state index contributed by atoms with van der Waals surface area (Å²) in [4.78, 5) is 11.9. The topological polar surface area (TPSA) is 80.2 Å². The van der Waals surface area contributed by atoms with Crippen LogP contribution in [-0.4, -0.2) is 30.9 Å². The summed E-state index contributed by atoms with van der Waals surface area (Å²) in [5.74, 6) is 1.05. The Bertz CT molecular complexity index is 781. The fourth-order valence-corrected chi connectivity index (χ4v) is 3.31. The number of amides is 1. The van der Waals surface area contributed by atoms with Gasteiger partial charge in [-0.3, -0.25) is 4.79 Å². The average Bonchev–Trinajstić information content (AvgIpc) is 2.67. The molecule has 1 amide bonds. The number of aliphatic hydroxyl groups excluding tert-OH is 1. The van der Waals surface area contributed by atoms with E-state index >= 15 is 0 Å². The summed E-state index contributed by atoms with van der Waals surface area (Å²) in [6, 6.07) is 13.0. The van der Waals surface area contributed by atoms with E-state index in [0.29, 0.717) is 24.5 Å². The average molecular weight is 482 g/mol. The van der Waals surface area contributed by atoms with E-state index in [2.05, 4.69) is 33.1 Å². The Morgan fingerprint density at radius 2 is 2.07 bits per heavy atom. The molecule has 0 unspecified atom stereocenters. The number of rotatable bonds is 9. The van der Waals surface area contributed by atoms with Crippen molar-refractivity contribution in [2.45, 2.75) is 25.9 Å². The van der Waals surface area contributed by atoms with Gasteiger partial charge in [0.2, 0.25) is 5.91 Å². The number of methoxy groups -OCH3 is 1. The molecule has 6 nitrogen and oxygen atoms in total. The maximum atomic E-state index is 11.9. The number of hydrogen-bond acceptors (Lipinski definition) is 5. The Labute approximate surface area is 172 Å². The first-order chi connectivity index (χ1) is 13.0. The fourth-order valence-electron chi connectivity index (χ4n) is 2.47. The molecule has 0 bridgehead atoms. The van der Waals surface area contributed by atoms with E-state index in [1.807, 2.05) is 43.3 Å². The zero-order valence-corrected chi connectivity index (χ0v) is 17.5. The van der Waals surface area contributed by atoms with E-state index in [1.54, 1.807) is 19.4 Å². The summed E-state index contributed by atoms with van der Waals surface area (Å²) in [5, 5.41) is 14.1. The number of hydrogen-bond donors (Lipinski definition) is 2. The molecule has 27 heavy (non-hydrogen) atoms. The third kappa shape index (κ3) is 6.51. The Morgan fingerprint density at radius 3 is 2.74 bits per heavy atom. The molecule has 2 aromatic carbocycles. The maximum absolute atomic E-state index is 11.9. The quantitative estimate of drug-likeness (QED) is 0.325. The van der Waals surface area contributed by atoms with E-state index in [4.69, 9.17) is 9.47 Å². The molecule has 0 aliphatic rings. The number of ether oxygens (including phenoxy) is 2. The lowest BCUT2D eigenvalue weighted by Gasteiger charge is -2.12. The number of carbonyl (C=O) groups is 1. The number of hydrazone groups is 1. The van der Waals surface area contributed by atoms with Crippen molar-refractivity contribution >= 4 is 34.7 Å². The predicted molar refractivity (Wildman–Crippen MR) is 113 cm³/mol. The molecule has 0 saturated heterocycles. The van der Waals surface area contributed by atoms with Gasteiger partial charge in [0.1, 0.15) is 0 Å². The molecule has 2 aromatic rings. The van der Waals surface area contributed by atoms with E-state index < -0.39 is 6.10 Å². The smallest absolute Gasteiger partial charge is 0.240 e. The minimum Gasteiger partial charge on any atom is -0.492 e. The number of carbonyl (C=O) groups excluding carboxylic acids is 1. The summed E-state index contributed by atoms with van der Waals surface area (Å²) in [7, 11) is 1.60. The van der Waals surface area contributed by atoms with Gasteiger partial charge in [0.15, 0.2) is 11.5 Å². The highest BCUT2D eigenvalue weighted by atomic mass is 127. The van der Waals surface area contributed by atoms with Crippen LogP contribution in [0, 0.1) is 3.57 Å². The van der Waals surface area contributed by atoms with Gasteiger partial charge in [-0.05, 0) is 59.2 Å². The van der Waals surface area contributed by atoms with Gasteiger partial charge in [-0.15, -0.1) is 0 Å². The molecule has 144 valence electrons. The maximum Gasteiger partial charge on any atom is 0.240 e. The summed E-state index contributed by atoms with van der Waals surface area (Å²) >= 11 is 2.16. The Kier molecular flexibility index (Phi) is 8.53. The molecule has 0 heterocycles. The first-order valence-electron chi connectivity index (χ1n) is 8.60. The highest BCUT2D eigenvalue weighted by molar-refractivity contribution is 14.1. The van der Waals surface area contributed by atoms with Crippen LogP contribution in [0.4, 0.5) is 0 Å². The van der Waals surface area contributed by atoms with Crippen LogP contribution in [0.3, 0.4) is 0 Å². The highest BCUT2D eigenvalue weighted by Gasteiger charge is 2.11. The van der Waals surface area contributed by atoms with Crippen molar-refractivity contribution in [3.63, 3.8) is 0 Å². The van der Waals surface area contributed by atoms with E-state index in [1.165, 1.54) is 0 Å². The molecule has 7 heteroatoms. The second kappa shape index (κ2) is 10.9. The zero-order valence-electron chi connectivity index (χ0n) is 15.3. The third-order valence-corrected chi connectivity index (χ3v) is 4.57. The molecular weight excluding hydrogens is 459 g/mol. The van der Waals surface area contributed by atoms with Crippen molar-refractivity contribution < 1.29 is 19.4 Å². The summed E-state index contributed by atoms with van der Waals surface area (Å²) in [6.45, 7) is 2.42. The molecule has 0 aliphatic heterocycles. The molecule has 2 rings (SSSR count). The summed E-state index contributed by atoms with van der Waals surface area (Å²) in [6.07, 6.45) is 1.39. The van der Waals surface area contributed by atoms with Gasteiger partial charge >= 0.3 is 0 Å². The SMILES string of the molecule is CCOc1cc(/C=N\NC(=O)CC[C@@H](O)c2ccccc2)cc(I)c1OC. The van der Waals surface area contributed by atoms with E-state index in [-0.39, 0.29) is 12.3 Å². The van der Waals surface area contributed by atoms with Gasteiger partial charge in [0.05, 0.1) is 29.6 Å². The minimum absolute atomic E-state index is 0.178. The normalized spacial score (nSPS) is 12.0. The summed E-state index contributed by atoms with van der Waals surface area (Å²) in [5.41, 5.74) is 4.06. The molecule has 0 aliphatic carbocycles. The highest BCUT2D eigenvalue weighted by Crippen LogP contribution is 2.33. The van der Waals surface area contributed by atoms with Crippen molar-refractivity contribution in [3.8, 4) is 11.5 Å². The van der Waals surface area contributed by atoms with Crippen LogP contribution < -0.4 is 14.9 Å². The number of aliphatic hydroxyl groups is 1. The molecule has 2 N–H and O–H groups in total. The molecule has 0 saturated carbocycles. The van der Waals surface area contributed by atoms with Gasteiger partial charge in [-0.25, -0.2) is 5.43 Å². The number of halogens is 1. The molecule has 0 radical (unpaired) electrons. The van der Waals surface area contributed by atoms with Gasteiger partial charge in [-0.1, -0.05) is 30.3 Å².